The topological polar surface area (TPSA) is 50.4 Å². The first-order chi connectivity index (χ1) is 10.1. The number of carbonyl (C=O) groups is 1. The number of hydrogen-bond acceptors (Lipinski definition) is 2. The zero-order valence-corrected chi connectivity index (χ0v) is 10.7. The predicted octanol–water partition coefficient (Wildman–Crippen LogP) is 4.74. The molecule has 1 N–H and O–H groups in total. The first kappa shape index (κ1) is 13.3. The van der Waals surface area contributed by atoms with E-state index in [2.05, 4.69) is 0 Å². The number of furan rings is 1. The van der Waals surface area contributed by atoms with Gasteiger partial charge in [0.05, 0.1) is 5.56 Å². The summed E-state index contributed by atoms with van der Waals surface area (Å²) < 4.78 is 30.6. The van der Waals surface area contributed by atoms with Crippen LogP contribution in [0.1, 0.15) is 22.5 Å². The fourth-order valence-corrected chi connectivity index (χ4v) is 2.26. The number of benzene rings is 2. The zero-order valence-electron chi connectivity index (χ0n) is 10.7. The smallest absolute Gasteiger partial charge is 0.335 e. The molecule has 0 aliphatic heterocycles. The van der Waals surface area contributed by atoms with Gasteiger partial charge in [0, 0.05) is 5.39 Å². The Hall–Kier alpha value is -2.69. The van der Waals surface area contributed by atoms with Crippen LogP contribution in [0.5, 0.6) is 0 Å². The summed E-state index contributed by atoms with van der Waals surface area (Å²) in [6.07, 6.45) is -2.68. The van der Waals surface area contributed by atoms with Crippen LogP contribution in [0, 0.1) is 0 Å². The van der Waals surface area contributed by atoms with Crippen LogP contribution in [0.2, 0.25) is 0 Å². The van der Waals surface area contributed by atoms with Gasteiger partial charge in [-0.3, -0.25) is 0 Å². The van der Waals surface area contributed by atoms with Gasteiger partial charge in [0.15, 0.2) is 5.76 Å². The Morgan fingerprint density at radius 2 is 1.86 bits per heavy atom. The van der Waals surface area contributed by atoms with Crippen LogP contribution in [0.25, 0.3) is 22.1 Å². The Bertz CT molecular complexity index is 821. The van der Waals surface area contributed by atoms with E-state index >= 15 is 0 Å². The first-order valence-electron chi connectivity index (χ1n) is 6.20. The van der Waals surface area contributed by atoms with Crippen LogP contribution >= 0.6 is 0 Å². The van der Waals surface area contributed by atoms with Crippen LogP contribution in [0.4, 0.5) is 8.78 Å². The summed E-state index contributed by atoms with van der Waals surface area (Å²) >= 11 is 0. The largest absolute Gasteiger partial charge is 0.478 e. The molecule has 1 heterocycles. The fraction of sp³-hybridized carbons (Fsp3) is 0.0625. The quantitative estimate of drug-likeness (QED) is 0.757. The van der Waals surface area contributed by atoms with Crippen molar-refractivity contribution in [2.45, 2.75) is 6.43 Å². The van der Waals surface area contributed by atoms with Crippen molar-refractivity contribution in [3.05, 3.63) is 59.9 Å². The summed E-state index contributed by atoms with van der Waals surface area (Å²) in [4.78, 5) is 11.0. The second kappa shape index (κ2) is 5.01. The summed E-state index contributed by atoms with van der Waals surface area (Å²) in [6, 6.07) is 12.7. The number of rotatable bonds is 3. The van der Waals surface area contributed by atoms with Crippen molar-refractivity contribution in [1.82, 2.24) is 0 Å². The van der Waals surface area contributed by atoms with Crippen LogP contribution in [-0.2, 0) is 0 Å². The highest BCUT2D eigenvalue weighted by atomic mass is 19.3. The molecule has 3 aromatic rings. The highest BCUT2D eigenvalue weighted by molar-refractivity contribution is 5.96. The number of carboxylic acid groups (broad SMARTS) is 1. The SMILES string of the molecule is O=C(O)c1cccc(-c2cccc3oc(C(F)F)cc23)c1. The molecule has 0 atom stereocenters. The van der Waals surface area contributed by atoms with Crippen LogP contribution in [0.15, 0.2) is 52.9 Å². The lowest BCUT2D eigenvalue weighted by molar-refractivity contribution is 0.0697. The number of halogens is 2. The number of carboxylic acids is 1. The minimum Gasteiger partial charge on any atom is -0.478 e. The van der Waals surface area contributed by atoms with Crippen LogP contribution in [-0.4, -0.2) is 11.1 Å². The maximum Gasteiger partial charge on any atom is 0.335 e. The molecule has 5 heteroatoms. The van der Waals surface area contributed by atoms with Gasteiger partial charge in [0.25, 0.3) is 6.43 Å². The lowest BCUT2D eigenvalue weighted by Crippen LogP contribution is -1.95. The second-order valence-electron chi connectivity index (χ2n) is 4.55. The lowest BCUT2D eigenvalue weighted by atomic mass is 10.00. The Morgan fingerprint density at radius 3 is 2.57 bits per heavy atom. The third-order valence-electron chi connectivity index (χ3n) is 3.22. The maximum absolute atomic E-state index is 12.7. The maximum atomic E-state index is 12.7. The third kappa shape index (κ3) is 2.38. The van der Waals surface area contributed by atoms with Crippen LogP contribution in [0.3, 0.4) is 0 Å². The Balaban J connectivity index is 2.20. The van der Waals surface area contributed by atoms with Gasteiger partial charge in [-0.1, -0.05) is 24.3 Å². The van der Waals surface area contributed by atoms with E-state index < -0.39 is 18.2 Å². The molecular weight excluding hydrogens is 278 g/mol. The van der Waals surface area contributed by atoms with E-state index in [1.165, 1.54) is 18.2 Å². The van der Waals surface area contributed by atoms with Crippen molar-refractivity contribution in [1.29, 1.82) is 0 Å². The summed E-state index contributed by atoms with van der Waals surface area (Å²) in [5.41, 5.74) is 1.79. The minimum atomic E-state index is -2.68. The summed E-state index contributed by atoms with van der Waals surface area (Å²) in [5.74, 6) is -1.43. The molecule has 0 aliphatic rings. The van der Waals surface area contributed by atoms with Gasteiger partial charge in [0.1, 0.15) is 5.58 Å². The summed E-state index contributed by atoms with van der Waals surface area (Å²) in [5, 5.41) is 9.57. The average molecular weight is 288 g/mol. The van der Waals surface area contributed by atoms with Crippen molar-refractivity contribution in [3.63, 3.8) is 0 Å². The van der Waals surface area contributed by atoms with E-state index in [1.54, 1.807) is 30.3 Å². The minimum absolute atomic E-state index is 0.141. The van der Waals surface area contributed by atoms with Gasteiger partial charge in [0.2, 0.25) is 0 Å². The monoisotopic (exact) mass is 288 g/mol. The molecule has 0 saturated heterocycles. The van der Waals surface area contributed by atoms with E-state index in [0.717, 1.165) is 0 Å². The molecule has 0 bridgehead atoms. The van der Waals surface area contributed by atoms with Gasteiger partial charge in [-0.05, 0) is 35.4 Å². The summed E-state index contributed by atoms with van der Waals surface area (Å²) in [6.45, 7) is 0. The van der Waals surface area contributed by atoms with Crippen molar-refractivity contribution >= 4 is 16.9 Å². The fourth-order valence-electron chi connectivity index (χ4n) is 2.26. The highest BCUT2D eigenvalue weighted by Crippen LogP contribution is 2.34. The molecule has 3 nitrogen and oxygen atoms in total. The van der Waals surface area contributed by atoms with Crippen molar-refractivity contribution in [3.8, 4) is 11.1 Å². The molecule has 0 amide bonds. The van der Waals surface area contributed by atoms with Gasteiger partial charge in [-0.25, -0.2) is 13.6 Å². The van der Waals surface area contributed by atoms with E-state index in [4.69, 9.17) is 9.52 Å². The van der Waals surface area contributed by atoms with Crippen molar-refractivity contribution in [2.75, 3.05) is 0 Å². The molecule has 0 fully saturated rings. The average Bonchev–Trinajstić information content (AvgIpc) is 2.91. The van der Waals surface area contributed by atoms with E-state index in [-0.39, 0.29) is 5.56 Å². The number of hydrogen-bond donors (Lipinski definition) is 1. The molecular formula is C16H10F2O3. The van der Waals surface area contributed by atoms with Gasteiger partial charge in [-0.2, -0.15) is 0 Å². The number of alkyl halides is 2. The predicted molar refractivity (Wildman–Crippen MR) is 73.6 cm³/mol. The normalized spacial score (nSPS) is 11.2. The van der Waals surface area contributed by atoms with E-state index in [1.807, 2.05) is 0 Å². The lowest BCUT2D eigenvalue weighted by Gasteiger charge is -2.04. The Labute approximate surface area is 118 Å². The molecule has 106 valence electrons. The molecule has 0 radical (unpaired) electrons. The van der Waals surface area contributed by atoms with Crippen molar-refractivity contribution < 1.29 is 23.1 Å². The Kier molecular flexibility index (Phi) is 3.17. The highest BCUT2D eigenvalue weighted by Gasteiger charge is 2.16. The molecule has 21 heavy (non-hydrogen) atoms. The molecule has 0 spiro atoms. The molecule has 2 aromatic carbocycles. The van der Waals surface area contributed by atoms with Crippen LogP contribution < -0.4 is 0 Å². The molecule has 0 aliphatic carbocycles. The van der Waals surface area contributed by atoms with Gasteiger partial charge < -0.3 is 9.52 Å². The summed E-state index contributed by atoms with van der Waals surface area (Å²) in [7, 11) is 0. The second-order valence-corrected chi connectivity index (χ2v) is 4.55. The molecule has 3 rings (SSSR count). The van der Waals surface area contributed by atoms with E-state index in [0.29, 0.717) is 22.1 Å². The number of aromatic carboxylic acids is 1. The van der Waals surface area contributed by atoms with E-state index in [9.17, 15) is 13.6 Å². The zero-order chi connectivity index (χ0) is 15.0. The van der Waals surface area contributed by atoms with Gasteiger partial charge >= 0.3 is 5.97 Å². The Morgan fingerprint density at radius 1 is 1.10 bits per heavy atom. The number of fused-ring (bicyclic) bond motifs is 1. The van der Waals surface area contributed by atoms with Crippen molar-refractivity contribution in [2.24, 2.45) is 0 Å². The first-order valence-corrected chi connectivity index (χ1v) is 6.20. The molecule has 0 unspecified atom stereocenters. The molecule has 0 saturated carbocycles. The molecule has 1 aromatic heterocycles. The standard InChI is InChI=1S/C16H10F2O3/c17-15(18)14-8-12-11(5-2-6-13(12)21-14)9-3-1-4-10(7-9)16(19)20/h1-8,15H,(H,19,20). The third-order valence-corrected chi connectivity index (χ3v) is 3.22. The van der Waals surface area contributed by atoms with Gasteiger partial charge in [-0.15, -0.1) is 0 Å².